The predicted molar refractivity (Wildman–Crippen MR) is 78.0 cm³/mol. The maximum absolute atomic E-state index is 14.3. The molecule has 0 amide bonds. The van der Waals surface area contributed by atoms with Gasteiger partial charge in [0.15, 0.2) is 23.0 Å². The molecule has 22 heavy (non-hydrogen) atoms. The third-order valence-corrected chi connectivity index (χ3v) is 3.24. The molecule has 0 bridgehead atoms. The largest absolute Gasteiger partial charge is 0.493 e. The van der Waals surface area contributed by atoms with E-state index in [0.29, 0.717) is 11.5 Å². The van der Waals surface area contributed by atoms with Crippen LogP contribution in [0.15, 0.2) is 24.3 Å². The number of ether oxygens (including phenoxy) is 4. The average molecular weight is 310 g/mol. The van der Waals surface area contributed by atoms with Gasteiger partial charge < -0.3 is 18.9 Å². The summed E-state index contributed by atoms with van der Waals surface area (Å²) in [4.78, 5) is 0. The first kappa shape index (κ1) is 15.9. The van der Waals surface area contributed by atoms with Gasteiger partial charge in [-0.05, 0) is 12.1 Å². The van der Waals surface area contributed by atoms with E-state index in [1.54, 1.807) is 0 Å². The van der Waals surface area contributed by atoms with Crippen LogP contribution in [0.25, 0.3) is 11.1 Å². The van der Waals surface area contributed by atoms with Crippen LogP contribution in [0.2, 0.25) is 0 Å². The minimum atomic E-state index is -0.635. The monoisotopic (exact) mass is 310 g/mol. The molecule has 2 rings (SSSR count). The van der Waals surface area contributed by atoms with Crippen LogP contribution in [0.3, 0.4) is 0 Å². The third kappa shape index (κ3) is 2.77. The molecule has 0 atom stereocenters. The number of benzene rings is 2. The Balaban J connectivity index is 2.66. The summed E-state index contributed by atoms with van der Waals surface area (Å²) in [5.74, 6) is -0.219. The molecule has 0 fully saturated rings. The molecule has 0 heterocycles. The molecule has 0 N–H and O–H groups in total. The fourth-order valence-electron chi connectivity index (χ4n) is 2.12. The molecule has 0 aromatic heterocycles. The number of hydrogen-bond donors (Lipinski definition) is 0. The van der Waals surface area contributed by atoms with Crippen LogP contribution < -0.4 is 18.9 Å². The zero-order valence-corrected chi connectivity index (χ0v) is 12.7. The lowest BCUT2D eigenvalue weighted by Crippen LogP contribution is -1.97. The summed E-state index contributed by atoms with van der Waals surface area (Å²) in [6.45, 7) is 0. The van der Waals surface area contributed by atoms with E-state index in [4.69, 9.17) is 18.9 Å². The normalized spacial score (nSPS) is 10.3. The van der Waals surface area contributed by atoms with Crippen LogP contribution in [0, 0.1) is 11.6 Å². The van der Waals surface area contributed by atoms with E-state index in [1.165, 1.54) is 40.6 Å². The Kier molecular flexibility index (Phi) is 4.70. The molecular weight excluding hydrogens is 294 g/mol. The average Bonchev–Trinajstić information content (AvgIpc) is 2.54. The highest BCUT2D eigenvalue weighted by Crippen LogP contribution is 2.39. The molecule has 118 valence electrons. The molecule has 0 aliphatic heterocycles. The fourth-order valence-corrected chi connectivity index (χ4v) is 2.12. The quantitative estimate of drug-likeness (QED) is 0.844. The molecule has 0 unspecified atom stereocenters. The molecular formula is C16H16F2O4. The number of rotatable bonds is 5. The van der Waals surface area contributed by atoms with Gasteiger partial charge in [-0.15, -0.1) is 0 Å². The maximum Gasteiger partial charge on any atom is 0.163 e. The summed E-state index contributed by atoms with van der Waals surface area (Å²) in [5.41, 5.74) is 0.0761. The summed E-state index contributed by atoms with van der Waals surface area (Å²) < 4.78 is 48.8. The van der Waals surface area contributed by atoms with Gasteiger partial charge in [0.25, 0.3) is 0 Å². The number of methoxy groups -OCH3 is 4. The van der Waals surface area contributed by atoms with Crippen molar-refractivity contribution in [3.05, 3.63) is 35.9 Å². The highest BCUT2D eigenvalue weighted by atomic mass is 19.1. The molecule has 2 aromatic carbocycles. The standard InChI is InChI=1S/C16H16F2O4/c1-19-13-5-9(11(17)7-15(13)21-3)10-6-14(20-2)16(22-4)8-12(10)18/h5-8H,1-4H3. The van der Waals surface area contributed by atoms with Crippen LogP contribution in [0.1, 0.15) is 0 Å². The van der Waals surface area contributed by atoms with Gasteiger partial charge in [-0.1, -0.05) is 0 Å². The Hall–Kier alpha value is -2.50. The second-order valence-corrected chi connectivity index (χ2v) is 4.37. The second kappa shape index (κ2) is 6.51. The summed E-state index contributed by atoms with van der Waals surface area (Å²) in [5, 5.41) is 0. The minimum Gasteiger partial charge on any atom is -0.493 e. The van der Waals surface area contributed by atoms with Crippen molar-refractivity contribution >= 4 is 0 Å². The van der Waals surface area contributed by atoms with E-state index in [0.717, 1.165) is 12.1 Å². The van der Waals surface area contributed by atoms with Crippen LogP contribution in [-0.4, -0.2) is 28.4 Å². The zero-order chi connectivity index (χ0) is 16.3. The molecule has 6 heteroatoms. The van der Waals surface area contributed by atoms with Gasteiger partial charge in [0, 0.05) is 23.3 Å². The first-order valence-corrected chi connectivity index (χ1v) is 6.39. The molecule has 0 saturated heterocycles. The Labute approximate surface area is 127 Å². The Morgan fingerprint density at radius 3 is 1.09 bits per heavy atom. The molecule has 0 spiro atoms. The highest BCUT2D eigenvalue weighted by molar-refractivity contribution is 5.71. The molecule has 2 aromatic rings. The fraction of sp³-hybridized carbons (Fsp3) is 0.250. The van der Waals surface area contributed by atoms with Crippen LogP contribution >= 0.6 is 0 Å². The van der Waals surface area contributed by atoms with Crippen molar-refractivity contribution in [2.45, 2.75) is 0 Å². The SMILES string of the molecule is COc1cc(F)c(-c2cc(OC)c(OC)cc2F)cc1OC. The van der Waals surface area contributed by atoms with Crippen molar-refractivity contribution in [2.75, 3.05) is 28.4 Å². The summed E-state index contributed by atoms with van der Waals surface area (Å²) in [7, 11) is 5.64. The first-order valence-electron chi connectivity index (χ1n) is 6.39. The molecule has 0 aliphatic carbocycles. The van der Waals surface area contributed by atoms with E-state index >= 15 is 0 Å². The van der Waals surface area contributed by atoms with Crippen molar-refractivity contribution in [3.8, 4) is 34.1 Å². The van der Waals surface area contributed by atoms with Crippen LogP contribution in [-0.2, 0) is 0 Å². The lowest BCUT2D eigenvalue weighted by molar-refractivity contribution is 0.351. The zero-order valence-electron chi connectivity index (χ0n) is 12.7. The number of halogens is 2. The van der Waals surface area contributed by atoms with Gasteiger partial charge in [0.1, 0.15) is 11.6 Å². The molecule has 4 nitrogen and oxygen atoms in total. The van der Waals surface area contributed by atoms with Crippen LogP contribution in [0.5, 0.6) is 23.0 Å². The van der Waals surface area contributed by atoms with E-state index in [2.05, 4.69) is 0 Å². The predicted octanol–water partition coefficient (Wildman–Crippen LogP) is 3.67. The summed E-state index contributed by atoms with van der Waals surface area (Å²) in [6, 6.07) is 5.03. The van der Waals surface area contributed by atoms with E-state index in [9.17, 15) is 8.78 Å². The molecule has 0 aliphatic rings. The summed E-state index contributed by atoms with van der Waals surface area (Å²) >= 11 is 0. The van der Waals surface area contributed by atoms with Gasteiger partial charge in [0.2, 0.25) is 0 Å². The Morgan fingerprint density at radius 2 is 0.818 bits per heavy atom. The first-order chi connectivity index (χ1) is 10.5. The Morgan fingerprint density at radius 1 is 0.545 bits per heavy atom. The van der Waals surface area contributed by atoms with Crippen LogP contribution in [0.4, 0.5) is 8.78 Å². The Bertz CT molecular complexity index is 627. The van der Waals surface area contributed by atoms with Crippen molar-refractivity contribution in [1.82, 2.24) is 0 Å². The molecule has 0 saturated carbocycles. The van der Waals surface area contributed by atoms with E-state index < -0.39 is 11.6 Å². The van der Waals surface area contributed by atoms with E-state index in [1.807, 2.05) is 0 Å². The smallest absolute Gasteiger partial charge is 0.163 e. The third-order valence-electron chi connectivity index (χ3n) is 3.24. The topological polar surface area (TPSA) is 36.9 Å². The van der Waals surface area contributed by atoms with E-state index in [-0.39, 0.29) is 22.6 Å². The van der Waals surface area contributed by atoms with Gasteiger partial charge in [0.05, 0.1) is 28.4 Å². The van der Waals surface area contributed by atoms with Gasteiger partial charge in [-0.25, -0.2) is 8.78 Å². The lowest BCUT2D eigenvalue weighted by Gasteiger charge is -2.14. The van der Waals surface area contributed by atoms with Gasteiger partial charge in [-0.2, -0.15) is 0 Å². The van der Waals surface area contributed by atoms with Crippen molar-refractivity contribution in [3.63, 3.8) is 0 Å². The van der Waals surface area contributed by atoms with Crippen molar-refractivity contribution < 1.29 is 27.7 Å². The minimum absolute atomic E-state index is 0.0381. The number of hydrogen-bond acceptors (Lipinski definition) is 4. The summed E-state index contributed by atoms with van der Waals surface area (Å²) in [6.07, 6.45) is 0. The second-order valence-electron chi connectivity index (χ2n) is 4.37. The van der Waals surface area contributed by atoms with Gasteiger partial charge >= 0.3 is 0 Å². The van der Waals surface area contributed by atoms with Crippen molar-refractivity contribution in [1.29, 1.82) is 0 Å². The van der Waals surface area contributed by atoms with Gasteiger partial charge in [-0.3, -0.25) is 0 Å². The molecule has 0 radical (unpaired) electrons. The highest BCUT2D eigenvalue weighted by Gasteiger charge is 2.18. The lowest BCUT2D eigenvalue weighted by atomic mass is 10.0. The maximum atomic E-state index is 14.3. The van der Waals surface area contributed by atoms with Crippen molar-refractivity contribution in [2.24, 2.45) is 0 Å².